The number of aromatic nitrogens is 3. The summed E-state index contributed by atoms with van der Waals surface area (Å²) in [5, 5.41) is 10.7. The standard InChI is InChI=1S/C12H17N3O.Na/c1-2-3-4-5-9-16-11-8-6-7-10-12(11)14-15-13-10;/h6-8H,2-5,9H2,1H3,(H,13,14,15);. The van der Waals surface area contributed by atoms with Crippen LogP contribution in [0, 0.1) is 0 Å². The van der Waals surface area contributed by atoms with Crippen LogP contribution in [0.5, 0.6) is 5.75 Å². The summed E-state index contributed by atoms with van der Waals surface area (Å²) in [6.07, 6.45) is 4.85. The van der Waals surface area contributed by atoms with Crippen molar-refractivity contribution in [2.24, 2.45) is 0 Å². The number of hydrogen-bond donors (Lipinski definition) is 1. The first-order valence-electron chi connectivity index (χ1n) is 5.84. The van der Waals surface area contributed by atoms with Crippen LogP contribution in [0.1, 0.15) is 32.6 Å². The molecule has 0 amide bonds. The number of benzene rings is 1. The van der Waals surface area contributed by atoms with E-state index in [9.17, 15) is 0 Å². The smallest absolute Gasteiger partial charge is 0.154 e. The molecule has 1 heterocycles. The Labute approximate surface area is 123 Å². The maximum atomic E-state index is 5.70. The molecule has 5 heteroatoms. The average molecular weight is 242 g/mol. The summed E-state index contributed by atoms with van der Waals surface area (Å²) >= 11 is 0. The van der Waals surface area contributed by atoms with Crippen LogP contribution < -0.4 is 4.74 Å². The minimum atomic E-state index is 0. The fourth-order valence-corrected chi connectivity index (χ4v) is 1.67. The number of nitrogens with zero attached hydrogens (tertiary/aromatic N) is 2. The van der Waals surface area contributed by atoms with E-state index in [0.717, 1.165) is 29.8 Å². The van der Waals surface area contributed by atoms with Crippen molar-refractivity contribution in [2.75, 3.05) is 6.61 Å². The number of aromatic amines is 1. The van der Waals surface area contributed by atoms with E-state index in [0.29, 0.717) is 0 Å². The van der Waals surface area contributed by atoms with Gasteiger partial charge in [0.1, 0.15) is 11.3 Å². The largest absolute Gasteiger partial charge is 0.491 e. The van der Waals surface area contributed by atoms with Gasteiger partial charge in [-0.1, -0.05) is 32.3 Å². The number of para-hydroxylation sites is 1. The SMILES string of the molecule is CCCCCCOc1cccc2n[nH]nc12.[Na]. The third-order valence-corrected chi connectivity index (χ3v) is 2.57. The molecule has 1 N–H and O–H groups in total. The summed E-state index contributed by atoms with van der Waals surface area (Å²) < 4.78 is 5.70. The van der Waals surface area contributed by atoms with E-state index in [1.165, 1.54) is 19.3 Å². The Morgan fingerprint density at radius 3 is 2.88 bits per heavy atom. The third kappa shape index (κ3) is 3.98. The predicted molar refractivity (Wildman–Crippen MR) is 69.3 cm³/mol. The number of hydrogen-bond acceptors (Lipinski definition) is 3. The zero-order valence-corrected chi connectivity index (χ0v) is 12.6. The summed E-state index contributed by atoms with van der Waals surface area (Å²) in [6.45, 7) is 2.96. The molecule has 2 rings (SSSR count). The van der Waals surface area contributed by atoms with E-state index in [2.05, 4.69) is 22.3 Å². The van der Waals surface area contributed by atoms with E-state index < -0.39 is 0 Å². The minimum absolute atomic E-state index is 0. The van der Waals surface area contributed by atoms with E-state index in [1.54, 1.807) is 0 Å². The number of rotatable bonds is 6. The molecule has 0 unspecified atom stereocenters. The summed E-state index contributed by atoms with van der Waals surface area (Å²) in [5.74, 6) is 0.822. The summed E-state index contributed by atoms with van der Waals surface area (Å²) in [6, 6.07) is 5.79. The Balaban J connectivity index is 0.00000144. The van der Waals surface area contributed by atoms with Gasteiger partial charge in [-0.3, -0.25) is 0 Å². The second-order valence-corrected chi connectivity index (χ2v) is 3.86. The average Bonchev–Trinajstić information content (AvgIpc) is 2.77. The van der Waals surface area contributed by atoms with Crippen molar-refractivity contribution in [3.63, 3.8) is 0 Å². The summed E-state index contributed by atoms with van der Waals surface area (Å²) in [5.41, 5.74) is 1.67. The van der Waals surface area contributed by atoms with Gasteiger partial charge >= 0.3 is 0 Å². The van der Waals surface area contributed by atoms with E-state index in [1.807, 2.05) is 18.2 Å². The number of ether oxygens (including phenoxy) is 1. The van der Waals surface area contributed by atoms with Crippen LogP contribution in [-0.4, -0.2) is 51.6 Å². The molecule has 4 nitrogen and oxygen atoms in total. The first-order valence-corrected chi connectivity index (χ1v) is 5.84. The quantitative estimate of drug-likeness (QED) is 0.625. The summed E-state index contributed by atoms with van der Waals surface area (Å²) in [7, 11) is 0. The van der Waals surface area contributed by atoms with Crippen molar-refractivity contribution >= 4 is 40.6 Å². The molecule has 0 saturated heterocycles. The topological polar surface area (TPSA) is 50.8 Å². The number of unbranched alkanes of at least 4 members (excludes halogenated alkanes) is 3. The van der Waals surface area contributed by atoms with Crippen molar-refractivity contribution in [2.45, 2.75) is 32.6 Å². The normalized spacial score (nSPS) is 10.2. The Hall–Kier alpha value is -0.580. The zero-order chi connectivity index (χ0) is 11.2. The molecule has 0 aliphatic heterocycles. The minimum Gasteiger partial charge on any atom is -0.491 e. The van der Waals surface area contributed by atoms with Crippen LogP contribution in [0.15, 0.2) is 18.2 Å². The van der Waals surface area contributed by atoms with Gasteiger partial charge in [-0.25, -0.2) is 0 Å². The van der Waals surface area contributed by atoms with Crippen molar-refractivity contribution in [1.82, 2.24) is 15.4 Å². The third-order valence-electron chi connectivity index (χ3n) is 2.57. The Morgan fingerprint density at radius 2 is 2.06 bits per heavy atom. The van der Waals surface area contributed by atoms with Crippen molar-refractivity contribution in [1.29, 1.82) is 0 Å². The Morgan fingerprint density at radius 1 is 1.18 bits per heavy atom. The van der Waals surface area contributed by atoms with E-state index >= 15 is 0 Å². The molecule has 1 aromatic carbocycles. The second-order valence-electron chi connectivity index (χ2n) is 3.86. The Bertz CT molecular complexity index is 444. The fourth-order valence-electron chi connectivity index (χ4n) is 1.67. The second kappa shape index (κ2) is 7.69. The van der Waals surface area contributed by atoms with Crippen molar-refractivity contribution in [3.05, 3.63) is 18.2 Å². The molecule has 0 saturated carbocycles. The molecule has 1 aromatic heterocycles. The number of H-pyrrole nitrogens is 1. The molecule has 0 aliphatic rings. The molecule has 0 aliphatic carbocycles. The molecule has 0 fully saturated rings. The molecule has 87 valence electrons. The van der Waals surface area contributed by atoms with Crippen molar-refractivity contribution in [3.8, 4) is 5.75 Å². The molecule has 17 heavy (non-hydrogen) atoms. The zero-order valence-electron chi connectivity index (χ0n) is 10.6. The van der Waals surface area contributed by atoms with Gasteiger partial charge in [0.05, 0.1) is 6.61 Å². The molecule has 0 spiro atoms. The Kier molecular flexibility index (Phi) is 6.55. The van der Waals surface area contributed by atoms with Crippen LogP contribution in [0.2, 0.25) is 0 Å². The number of nitrogens with one attached hydrogen (secondary N) is 1. The van der Waals surface area contributed by atoms with E-state index in [4.69, 9.17) is 4.74 Å². The van der Waals surface area contributed by atoms with Gasteiger partial charge in [-0.2, -0.15) is 15.4 Å². The van der Waals surface area contributed by atoms with Crippen molar-refractivity contribution < 1.29 is 4.74 Å². The maximum absolute atomic E-state index is 5.70. The first-order chi connectivity index (χ1) is 7.92. The van der Waals surface area contributed by atoms with Gasteiger partial charge < -0.3 is 4.74 Å². The first kappa shape index (κ1) is 14.5. The van der Waals surface area contributed by atoms with Gasteiger partial charge in [0.25, 0.3) is 0 Å². The molecule has 0 bridgehead atoms. The van der Waals surface area contributed by atoms with Crippen LogP contribution in [-0.2, 0) is 0 Å². The predicted octanol–water partition coefficient (Wildman–Crippen LogP) is 2.54. The van der Waals surface area contributed by atoms with Crippen LogP contribution >= 0.6 is 0 Å². The van der Waals surface area contributed by atoms with Gasteiger partial charge in [-0.05, 0) is 18.6 Å². The molecular formula is C12H17N3NaO. The van der Waals surface area contributed by atoms with Gasteiger partial charge in [-0.15, -0.1) is 0 Å². The fraction of sp³-hybridized carbons (Fsp3) is 0.500. The van der Waals surface area contributed by atoms with Gasteiger partial charge in [0, 0.05) is 29.6 Å². The van der Waals surface area contributed by atoms with Crippen LogP contribution in [0.25, 0.3) is 11.0 Å². The van der Waals surface area contributed by atoms with Crippen LogP contribution in [0.3, 0.4) is 0 Å². The molecule has 1 radical (unpaired) electrons. The molecular weight excluding hydrogens is 225 g/mol. The van der Waals surface area contributed by atoms with Gasteiger partial charge in [0.15, 0.2) is 5.52 Å². The maximum Gasteiger partial charge on any atom is 0.154 e. The molecule has 2 aromatic rings. The number of fused-ring (bicyclic) bond motifs is 1. The monoisotopic (exact) mass is 242 g/mol. The van der Waals surface area contributed by atoms with E-state index in [-0.39, 0.29) is 29.6 Å². The summed E-state index contributed by atoms with van der Waals surface area (Å²) in [4.78, 5) is 0. The van der Waals surface area contributed by atoms with Gasteiger partial charge in [0.2, 0.25) is 0 Å². The molecule has 0 atom stereocenters. The van der Waals surface area contributed by atoms with Crippen LogP contribution in [0.4, 0.5) is 0 Å².